The fourth-order valence-corrected chi connectivity index (χ4v) is 1.63. The van der Waals surface area contributed by atoms with E-state index in [1.54, 1.807) is 0 Å². The van der Waals surface area contributed by atoms with Crippen LogP contribution in [0.1, 0.15) is 5.01 Å². The van der Waals surface area contributed by atoms with Crippen molar-refractivity contribution < 1.29 is 0 Å². The van der Waals surface area contributed by atoms with Crippen molar-refractivity contribution in [2.24, 2.45) is 5.11 Å². The Morgan fingerprint density at radius 2 is 2.70 bits per heavy atom. The van der Waals surface area contributed by atoms with Crippen LogP contribution >= 0.6 is 27.3 Å². The van der Waals surface area contributed by atoms with Gasteiger partial charge in [0.1, 0.15) is 4.60 Å². The molecule has 4 nitrogen and oxygen atoms in total. The van der Waals surface area contributed by atoms with Crippen LogP contribution in [0, 0.1) is 0 Å². The maximum Gasteiger partial charge on any atom is 0.117 e. The summed E-state index contributed by atoms with van der Waals surface area (Å²) < 4.78 is 0.792. The van der Waals surface area contributed by atoms with Crippen LogP contribution in [0.3, 0.4) is 0 Å². The third-order valence-electron chi connectivity index (χ3n) is 0.793. The fourth-order valence-electron chi connectivity index (χ4n) is 0.453. The van der Waals surface area contributed by atoms with Gasteiger partial charge in [0.25, 0.3) is 0 Å². The normalized spacial score (nSPS) is 8.90. The molecule has 52 valence electrons. The van der Waals surface area contributed by atoms with Crippen LogP contribution in [-0.4, -0.2) is 4.98 Å². The molecule has 0 saturated carbocycles. The number of halogens is 1. The predicted octanol–water partition coefficient (Wildman–Crippen LogP) is 2.72. The number of hydrogen-bond donors (Lipinski definition) is 0. The standard InChI is InChI=1S/C4H3BrN4S/c5-3-2-10-4(8-3)1-7-9-6/h2H,1H2. The summed E-state index contributed by atoms with van der Waals surface area (Å²) >= 11 is 4.66. The molecule has 10 heavy (non-hydrogen) atoms. The Morgan fingerprint density at radius 3 is 3.20 bits per heavy atom. The smallest absolute Gasteiger partial charge is 0.117 e. The van der Waals surface area contributed by atoms with Crippen molar-refractivity contribution >= 4 is 27.3 Å². The molecule has 0 N–H and O–H groups in total. The first-order chi connectivity index (χ1) is 4.83. The summed E-state index contributed by atoms with van der Waals surface area (Å²) in [7, 11) is 0. The first-order valence-electron chi connectivity index (χ1n) is 2.43. The van der Waals surface area contributed by atoms with Gasteiger partial charge in [-0.15, -0.1) is 11.3 Å². The molecule has 0 saturated heterocycles. The van der Waals surface area contributed by atoms with Crippen molar-refractivity contribution in [3.8, 4) is 0 Å². The molecule has 0 fully saturated rings. The van der Waals surface area contributed by atoms with Gasteiger partial charge in [-0.1, -0.05) is 5.11 Å². The highest BCUT2D eigenvalue weighted by Crippen LogP contribution is 2.15. The van der Waals surface area contributed by atoms with E-state index in [1.165, 1.54) is 11.3 Å². The summed E-state index contributed by atoms with van der Waals surface area (Å²) in [5, 5.41) is 6.04. The van der Waals surface area contributed by atoms with E-state index in [2.05, 4.69) is 30.9 Å². The third kappa shape index (κ3) is 1.98. The van der Waals surface area contributed by atoms with Crippen molar-refractivity contribution in [3.05, 3.63) is 25.4 Å². The molecule has 0 aromatic carbocycles. The lowest BCUT2D eigenvalue weighted by molar-refractivity contribution is 1.01. The zero-order valence-corrected chi connectivity index (χ0v) is 7.26. The second-order valence-corrected chi connectivity index (χ2v) is 3.21. The SMILES string of the molecule is [N-]=[N+]=NCc1nc(Br)cs1. The minimum atomic E-state index is 0.340. The van der Waals surface area contributed by atoms with E-state index in [9.17, 15) is 0 Å². The van der Waals surface area contributed by atoms with E-state index in [1.807, 2.05) is 5.38 Å². The molecule has 0 radical (unpaired) electrons. The maximum atomic E-state index is 7.96. The van der Waals surface area contributed by atoms with Crippen molar-refractivity contribution in [1.82, 2.24) is 4.98 Å². The summed E-state index contributed by atoms with van der Waals surface area (Å²) in [5.74, 6) is 0. The van der Waals surface area contributed by atoms with Crippen LogP contribution in [0.15, 0.2) is 15.1 Å². The highest BCUT2D eigenvalue weighted by atomic mass is 79.9. The molecular formula is C4H3BrN4S. The molecule has 0 aliphatic rings. The van der Waals surface area contributed by atoms with Gasteiger partial charge in [0.15, 0.2) is 0 Å². The van der Waals surface area contributed by atoms with Crippen LogP contribution in [-0.2, 0) is 6.54 Å². The lowest BCUT2D eigenvalue weighted by atomic mass is 10.7. The van der Waals surface area contributed by atoms with E-state index in [4.69, 9.17) is 5.53 Å². The average molecular weight is 219 g/mol. The van der Waals surface area contributed by atoms with Crippen molar-refractivity contribution in [1.29, 1.82) is 0 Å². The molecule has 0 spiro atoms. The quantitative estimate of drug-likeness (QED) is 0.428. The average Bonchev–Trinajstić information content (AvgIpc) is 2.31. The Morgan fingerprint density at radius 1 is 1.90 bits per heavy atom. The van der Waals surface area contributed by atoms with Crippen LogP contribution in [0.2, 0.25) is 0 Å². The summed E-state index contributed by atoms with van der Waals surface area (Å²) in [6.45, 7) is 0.340. The first-order valence-corrected chi connectivity index (χ1v) is 4.11. The fraction of sp³-hybridized carbons (Fsp3) is 0.250. The topological polar surface area (TPSA) is 61.7 Å². The third-order valence-corrected chi connectivity index (χ3v) is 2.34. The lowest BCUT2D eigenvalue weighted by Crippen LogP contribution is -1.74. The molecule has 0 bridgehead atoms. The van der Waals surface area contributed by atoms with Gasteiger partial charge in [-0.25, -0.2) is 4.98 Å². The van der Waals surface area contributed by atoms with Crippen LogP contribution < -0.4 is 0 Å². The molecule has 1 rings (SSSR count). The van der Waals surface area contributed by atoms with Gasteiger partial charge in [-0.05, 0) is 21.5 Å². The van der Waals surface area contributed by atoms with Gasteiger partial charge >= 0.3 is 0 Å². The van der Waals surface area contributed by atoms with E-state index < -0.39 is 0 Å². The number of hydrogen-bond acceptors (Lipinski definition) is 3. The Labute approximate surface area is 69.7 Å². The van der Waals surface area contributed by atoms with Crippen molar-refractivity contribution in [2.75, 3.05) is 0 Å². The first kappa shape index (κ1) is 7.53. The molecule has 1 heterocycles. The van der Waals surface area contributed by atoms with Crippen LogP contribution in [0.5, 0.6) is 0 Å². The summed E-state index contributed by atoms with van der Waals surface area (Å²) in [6.07, 6.45) is 0. The summed E-state index contributed by atoms with van der Waals surface area (Å²) in [5.41, 5.74) is 7.96. The van der Waals surface area contributed by atoms with Gasteiger partial charge in [0, 0.05) is 10.3 Å². The van der Waals surface area contributed by atoms with Crippen LogP contribution in [0.25, 0.3) is 10.4 Å². The zero-order valence-electron chi connectivity index (χ0n) is 4.86. The highest BCUT2D eigenvalue weighted by molar-refractivity contribution is 9.10. The highest BCUT2D eigenvalue weighted by Gasteiger charge is 1.95. The molecule has 1 aromatic rings. The number of nitrogens with zero attached hydrogens (tertiary/aromatic N) is 4. The van der Waals surface area contributed by atoms with Gasteiger partial charge in [0.2, 0.25) is 0 Å². The van der Waals surface area contributed by atoms with Crippen molar-refractivity contribution in [2.45, 2.75) is 6.54 Å². The maximum absolute atomic E-state index is 7.96. The number of thiazole rings is 1. The summed E-state index contributed by atoms with van der Waals surface area (Å²) in [4.78, 5) is 6.64. The van der Waals surface area contributed by atoms with E-state index in [0.717, 1.165) is 9.61 Å². The Balaban J connectivity index is 2.66. The Hall–Kier alpha value is -0.580. The van der Waals surface area contributed by atoms with Gasteiger partial charge in [-0.3, -0.25) is 0 Å². The monoisotopic (exact) mass is 218 g/mol. The zero-order chi connectivity index (χ0) is 7.40. The predicted molar refractivity (Wildman–Crippen MR) is 42.7 cm³/mol. The largest absolute Gasteiger partial charge is 0.234 e. The second-order valence-electron chi connectivity index (χ2n) is 1.45. The molecule has 0 unspecified atom stereocenters. The molecule has 0 aliphatic carbocycles. The lowest BCUT2D eigenvalue weighted by Gasteiger charge is -1.79. The van der Waals surface area contributed by atoms with Crippen LogP contribution in [0.4, 0.5) is 0 Å². The van der Waals surface area contributed by atoms with E-state index in [-0.39, 0.29) is 0 Å². The Kier molecular flexibility index (Phi) is 2.68. The Bertz CT molecular complexity index is 264. The minimum absolute atomic E-state index is 0.340. The molecular weight excluding hydrogens is 216 g/mol. The number of aromatic nitrogens is 1. The number of rotatable bonds is 2. The number of azide groups is 1. The van der Waals surface area contributed by atoms with Gasteiger partial charge < -0.3 is 0 Å². The van der Waals surface area contributed by atoms with Gasteiger partial charge in [0.05, 0.1) is 11.6 Å². The molecule has 6 heteroatoms. The van der Waals surface area contributed by atoms with E-state index in [0.29, 0.717) is 6.54 Å². The van der Waals surface area contributed by atoms with Gasteiger partial charge in [-0.2, -0.15) is 0 Å². The van der Waals surface area contributed by atoms with E-state index >= 15 is 0 Å². The molecule has 1 aromatic heterocycles. The second kappa shape index (κ2) is 3.55. The molecule has 0 aliphatic heterocycles. The molecule has 0 atom stereocenters. The molecule has 0 amide bonds. The minimum Gasteiger partial charge on any atom is -0.234 e. The van der Waals surface area contributed by atoms with Crippen molar-refractivity contribution in [3.63, 3.8) is 0 Å². The summed E-state index contributed by atoms with van der Waals surface area (Å²) in [6, 6.07) is 0.